The molecule has 2 aliphatic heterocycles. The van der Waals surface area contributed by atoms with Gasteiger partial charge in [0.1, 0.15) is 6.07 Å². The summed E-state index contributed by atoms with van der Waals surface area (Å²) in [5.74, 6) is -1.36. The fourth-order valence-corrected chi connectivity index (χ4v) is 3.10. The molecule has 2 heterocycles. The first-order chi connectivity index (χ1) is 10.5. The number of para-hydroxylation sites is 1. The first kappa shape index (κ1) is 14.1. The first-order valence-electron chi connectivity index (χ1n) is 6.78. The summed E-state index contributed by atoms with van der Waals surface area (Å²) in [6.45, 7) is -0.424. The van der Waals surface area contributed by atoms with E-state index in [1.807, 2.05) is 0 Å². The largest absolute Gasteiger partial charge is 0.447 e. The number of carbonyl (C=O) groups is 3. The fraction of sp³-hybridized carbons (Fsp3) is 0.333. The Morgan fingerprint density at radius 2 is 2.14 bits per heavy atom. The van der Waals surface area contributed by atoms with Crippen LogP contribution in [0.4, 0.5) is 5.69 Å². The minimum atomic E-state index is -1.50. The molecule has 0 radical (unpaired) electrons. The monoisotopic (exact) mass is 299 g/mol. The normalized spacial score (nSPS) is 22.9. The lowest BCUT2D eigenvalue weighted by Crippen LogP contribution is -2.67. The fourth-order valence-electron chi connectivity index (χ4n) is 3.10. The lowest BCUT2D eigenvalue weighted by molar-refractivity contribution is -0.155. The number of likely N-dealkylation sites (N-methyl/N-ethyl adjacent to an activating group) is 1. The van der Waals surface area contributed by atoms with Crippen molar-refractivity contribution in [2.75, 3.05) is 18.6 Å². The van der Waals surface area contributed by atoms with E-state index < -0.39 is 18.2 Å². The highest BCUT2D eigenvalue weighted by atomic mass is 16.5. The van der Waals surface area contributed by atoms with Gasteiger partial charge in [0.25, 0.3) is 5.91 Å². The summed E-state index contributed by atoms with van der Waals surface area (Å²) in [5.41, 5.74) is -0.731. The van der Waals surface area contributed by atoms with Gasteiger partial charge in [-0.15, -0.1) is 0 Å². The molecule has 0 N–H and O–H groups in total. The topological polar surface area (TPSA) is 90.7 Å². The van der Waals surface area contributed by atoms with Crippen molar-refractivity contribution < 1.29 is 19.1 Å². The molecule has 1 aromatic carbocycles. The second-order valence-electron chi connectivity index (χ2n) is 5.16. The highest BCUT2D eigenvalue weighted by molar-refractivity contribution is 6.15. The zero-order valence-corrected chi connectivity index (χ0v) is 11.9. The number of rotatable bonds is 2. The maximum atomic E-state index is 12.6. The summed E-state index contributed by atoms with van der Waals surface area (Å²) in [6.07, 6.45) is 0.278. The molecule has 0 spiro atoms. The molecule has 1 aromatic rings. The number of hydrogen-bond donors (Lipinski definition) is 0. The molecule has 1 atom stereocenters. The van der Waals surface area contributed by atoms with E-state index in [0.717, 1.165) is 0 Å². The molecule has 2 amide bonds. The van der Waals surface area contributed by atoms with Gasteiger partial charge in [0.2, 0.25) is 11.6 Å². The smallest absolute Gasteiger partial charge is 0.354 e. The van der Waals surface area contributed by atoms with E-state index in [1.54, 1.807) is 30.3 Å². The SMILES string of the molecule is CN1C(=O)c2ccccc2N2C(=O)CC[C@]12C(=O)OCC#N. The Balaban J connectivity index is 2.17. The van der Waals surface area contributed by atoms with Crippen LogP contribution in [0.5, 0.6) is 0 Å². The molecule has 0 unspecified atom stereocenters. The molecule has 7 nitrogen and oxygen atoms in total. The van der Waals surface area contributed by atoms with E-state index in [4.69, 9.17) is 10.00 Å². The zero-order chi connectivity index (χ0) is 15.9. The predicted molar refractivity (Wildman–Crippen MR) is 74.6 cm³/mol. The van der Waals surface area contributed by atoms with E-state index in [9.17, 15) is 14.4 Å². The quantitative estimate of drug-likeness (QED) is 0.748. The van der Waals surface area contributed by atoms with Crippen molar-refractivity contribution in [1.82, 2.24) is 4.90 Å². The van der Waals surface area contributed by atoms with Crippen LogP contribution in [0.25, 0.3) is 0 Å². The number of benzene rings is 1. The first-order valence-corrected chi connectivity index (χ1v) is 6.78. The van der Waals surface area contributed by atoms with E-state index in [0.29, 0.717) is 11.3 Å². The molecule has 2 aliphatic rings. The van der Waals surface area contributed by atoms with Crippen LogP contribution in [0, 0.1) is 11.3 Å². The summed E-state index contributed by atoms with van der Waals surface area (Å²) in [7, 11) is 1.47. The number of hydrogen-bond acceptors (Lipinski definition) is 5. The number of anilines is 1. The summed E-state index contributed by atoms with van der Waals surface area (Å²) in [4.78, 5) is 40.0. The second-order valence-corrected chi connectivity index (χ2v) is 5.16. The van der Waals surface area contributed by atoms with Crippen LogP contribution < -0.4 is 4.90 Å². The Morgan fingerprint density at radius 3 is 2.86 bits per heavy atom. The maximum absolute atomic E-state index is 12.6. The van der Waals surface area contributed by atoms with Crippen molar-refractivity contribution in [2.45, 2.75) is 18.5 Å². The molecule has 1 saturated heterocycles. The lowest BCUT2D eigenvalue weighted by atomic mass is 9.97. The summed E-state index contributed by atoms with van der Waals surface area (Å²) < 4.78 is 4.93. The van der Waals surface area contributed by atoms with Gasteiger partial charge in [0.05, 0.1) is 11.3 Å². The lowest BCUT2D eigenvalue weighted by Gasteiger charge is -2.46. The molecule has 7 heteroatoms. The second kappa shape index (κ2) is 4.84. The van der Waals surface area contributed by atoms with E-state index in [-0.39, 0.29) is 24.7 Å². The number of nitriles is 1. The highest BCUT2D eigenvalue weighted by Gasteiger charge is 2.60. The Morgan fingerprint density at radius 1 is 1.41 bits per heavy atom. The van der Waals surface area contributed by atoms with Crippen LogP contribution in [0.1, 0.15) is 23.2 Å². The molecule has 0 bridgehead atoms. The summed E-state index contributed by atoms with van der Waals surface area (Å²) >= 11 is 0. The zero-order valence-electron chi connectivity index (χ0n) is 11.9. The van der Waals surface area contributed by atoms with E-state index in [1.165, 1.54) is 16.8 Å². The number of esters is 1. The van der Waals surface area contributed by atoms with E-state index >= 15 is 0 Å². The Bertz CT molecular complexity index is 724. The van der Waals surface area contributed by atoms with Gasteiger partial charge in [0, 0.05) is 19.9 Å². The van der Waals surface area contributed by atoms with Crippen molar-refractivity contribution in [1.29, 1.82) is 5.26 Å². The predicted octanol–water partition coefficient (Wildman–Crippen LogP) is 0.662. The van der Waals surface area contributed by atoms with Gasteiger partial charge in [-0.25, -0.2) is 4.79 Å². The third-order valence-corrected chi connectivity index (χ3v) is 4.14. The maximum Gasteiger partial charge on any atom is 0.354 e. The average molecular weight is 299 g/mol. The van der Waals surface area contributed by atoms with Gasteiger partial charge in [-0.3, -0.25) is 14.5 Å². The molecule has 1 fully saturated rings. The number of nitrogens with zero attached hydrogens (tertiary/aromatic N) is 3. The standard InChI is InChI=1S/C15H13N3O4/c1-17-13(20)10-4-2-3-5-11(10)18-12(19)6-7-15(17,18)14(21)22-9-8-16/h2-5H,6-7,9H2,1H3/t15-/m0/s1. The average Bonchev–Trinajstić information content (AvgIpc) is 2.89. The highest BCUT2D eigenvalue weighted by Crippen LogP contribution is 2.44. The van der Waals surface area contributed by atoms with Crippen molar-refractivity contribution in [3.05, 3.63) is 29.8 Å². The van der Waals surface area contributed by atoms with Gasteiger partial charge in [0.15, 0.2) is 6.61 Å². The number of carbonyl (C=O) groups excluding carboxylic acids is 3. The van der Waals surface area contributed by atoms with Crippen molar-refractivity contribution in [3.63, 3.8) is 0 Å². The van der Waals surface area contributed by atoms with Crippen molar-refractivity contribution in [3.8, 4) is 6.07 Å². The van der Waals surface area contributed by atoms with Gasteiger partial charge in [-0.1, -0.05) is 12.1 Å². The molecule has 0 aromatic heterocycles. The summed E-state index contributed by atoms with van der Waals surface area (Å²) in [5, 5.41) is 8.59. The van der Waals surface area contributed by atoms with Crippen molar-refractivity contribution >= 4 is 23.5 Å². The molecule has 3 rings (SSSR count). The Labute approximate surface area is 126 Å². The minimum absolute atomic E-state index is 0.133. The minimum Gasteiger partial charge on any atom is -0.447 e. The number of fused-ring (bicyclic) bond motifs is 3. The van der Waals surface area contributed by atoms with Gasteiger partial charge in [-0.05, 0) is 12.1 Å². The molecule has 22 heavy (non-hydrogen) atoms. The van der Waals surface area contributed by atoms with Crippen LogP contribution in [-0.4, -0.2) is 42.0 Å². The van der Waals surface area contributed by atoms with Crippen LogP contribution in [0.3, 0.4) is 0 Å². The van der Waals surface area contributed by atoms with E-state index in [2.05, 4.69) is 0 Å². The third-order valence-electron chi connectivity index (χ3n) is 4.14. The Kier molecular flexibility index (Phi) is 3.10. The van der Waals surface area contributed by atoms with Crippen LogP contribution in [0.2, 0.25) is 0 Å². The van der Waals surface area contributed by atoms with Gasteiger partial charge >= 0.3 is 5.97 Å². The molecular weight excluding hydrogens is 286 g/mol. The van der Waals surface area contributed by atoms with Gasteiger partial charge < -0.3 is 9.64 Å². The van der Waals surface area contributed by atoms with Crippen LogP contribution in [-0.2, 0) is 14.3 Å². The molecule has 0 saturated carbocycles. The number of ether oxygens (including phenoxy) is 1. The van der Waals surface area contributed by atoms with Gasteiger partial charge in [-0.2, -0.15) is 5.26 Å². The van der Waals surface area contributed by atoms with Crippen molar-refractivity contribution in [2.24, 2.45) is 0 Å². The van der Waals surface area contributed by atoms with Crippen LogP contribution >= 0.6 is 0 Å². The molecule has 112 valence electrons. The molecule has 0 aliphatic carbocycles. The Hall–Kier alpha value is -2.88. The summed E-state index contributed by atoms with van der Waals surface area (Å²) in [6, 6.07) is 8.37. The number of amides is 2. The van der Waals surface area contributed by atoms with Crippen LogP contribution in [0.15, 0.2) is 24.3 Å². The molecular formula is C15H13N3O4. The third kappa shape index (κ3) is 1.64.